The van der Waals surface area contributed by atoms with Crippen LogP contribution in [0.25, 0.3) is 5.57 Å². The highest BCUT2D eigenvalue weighted by Gasteiger charge is 2.21. The summed E-state index contributed by atoms with van der Waals surface area (Å²) in [6.45, 7) is 1.96. The molecule has 1 aromatic carbocycles. The number of benzene rings is 1. The Balaban J connectivity index is 2.44. The second-order valence-corrected chi connectivity index (χ2v) is 3.59. The standard InChI is InChI=1S/C12H11FO/c1-8-2-7-11(14)12(8)9-3-5-10(13)6-4-9/h3-6H,2,7H2,1H3. The van der Waals surface area contributed by atoms with Crippen LogP contribution in [0.1, 0.15) is 25.3 Å². The van der Waals surface area contributed by atoms with Gasteiger partial charge in [0.25, 0.3) is 0 Å². The number of ketones is 1. The molecule has 1 nitrogen and oxygen atoms in total. The van der Waals surface area contributed by atoms with Crippen molar-refractivity contribution in [1.82, 2.24) is 0 Å². The van der Waals surface area contributed by atoms with E-state index in [2.05, 4.69) is 0 Å². The summed E-state index contributed by atoms with van der Waals surface area (Å²) in [5, 5.41) is 0. The van der Waals surface area contributed by atoms with Gasteiger partial charge in [-0.25, -0.2) is 4.39 Å². The zero-order valence-electron chi connectivity index (χ0n) is 8.01. The molecule has 2 heteroatoms. The summed E-state index contributed by atoms with van der Waals surface area (Å²) < 4.78 is 12.7. The lowest BCUT2D eigenvalue weighted by atomic mass is 10.0. The summed E-state index contributed by atoms with van der Waals surface area (Å²) >= 11 is 0. The lowest BCUT2D eigenvalue weighted by molar-refractivity contribution is -0.113. The zero-order chi connectivity index (χ0) is 10.1. The van der Waals surface area contributed by atoms with E-state index in [0.29, 0.717) is 6.42 Å². The fourth-order valence-electron chi connectivity index (χ4n) is 1.81. The van der Waals surface area contributed by atoms with Gasteiger partial charge in [-0.2, -0.15) is 0 Å². The normalized spacial score (nSPS) is 16.6. The maximum atomic E-state index is 12.7. The van der Waals surface area contributed by atoms with Gasteiger partial charge in [-0.1, -0.05) is 17.7 Å². The number of carbonyl (C=O) groups is 1. The molecule has 0 heterocycles. The molecule has 0 radical (unpaired) electrons. The summed E-state index contributed by atoms with van der Waals surface area (Å²) in [5.41, 5.74) is 2.73. The second-order valence-electron chi connectivity index (χ2n) is 3.59. The molecule has 0 unspecified atom stereocenters. The molecule has 72 valence electrons. The highest BCUT2D eigenvalue weighted by atomic mass is 19.1. The van der Waals surface area contributed by atoms with E-state index in [1.165, 1.54) is 12.1 Å². The van der Waals surface area contributed by atoms with Gasteiger partial charge in [0, 0.05) is 12.0 Å². The molecule has 1 aromatic rings. The van der Waals surface area contributed by atoms with Crippen LogP contribution in [0.2, 0.25) is 0 Å². The van der Waals surface area contributed by atoms with Crippen LogP contribution in [0.3, 0.4) is 0 Å². The predicted octanol–water partition coefficient (Wildman–Crippen LogP) is 2.96. The van der Waals surface area contributed by atoms with E-state index in [-0.39, 0.29) is 11.6 Å². The van der Waals surface area contributed by atoms with Crippen LogP contribution in [0.4, 0.5) is 4.39 Å². The Kier molecular flexibility index (Phi) is 2.20. The second kappa shape index (κ2) is 3.37. The molecular weight excluding hydrogens is 179 g/mol. The van der Waals surface area contributed by atoms with Crippen LogP contribution < -0.4 is 0 Å². The molecule has 14 heavy (non-hydrogen) atoms. The Bertz CT molecular complexity index is 401. The first-order valence-electron chi connectivity index (χ1n) is 4.67. The molecule has 0 bridgehead atoms. The molecule has 2 rings (SSSR count). The maximum absolute atomic E-state index is 12.7. The van der Waals surface area contributed by atoms with Gasteiger partial charge < -0.3 is 0 Å². The van der Waals surface area contributed by atoms with Gasteiger partial charge >= 0.3 is 0 Å². The number of hydrogen-bond donors (Lipinski definition) is 0. The van der Waals surface area contributed by atoms with E-state index >= 15 is 0 Å². The Morgan fingerprint density at radius 3 is 2.29 bits per heavy atom. The quantitative estimate of drug-likeness (QED) is 0.665. The van der Waals surface area contributed by atoms with Crippen LogP contribution in [0.15, 0.2) is 29.8 Å². The van der Waals surface area contributed by atoms with E-state index in [1.807, 2.05) is 6.92 Å². The number of carbonyl (C=O) groups excluding carboxylic acids is 1. The molecule has 0 fully saturated rings. The summed E-state index contributed by atoms with van der Waals surface area (Å²) in [6, 6.07) is 6.11. The number of Topliss-reactive ketones (excluding diaryl/α,β-unsaturated/α-hetero) is 1. The number of halogens is 1. The first-order valence-corrected chi connectivity index (χ1v) is 4.67. The van der Waals surface area contributed by atoms with E-state index in [4.69, 9.17) is 0 Å². The lowest BCUT2D eigenvalue weighted by Crippen LogP contribution is -1.95. The van der Waals surface area contributed by atoms with Crippen molar-refractivity contribution in [2.75, 3.05) is 0 Å². The Hall–Kier alpha value is -1.44. The van der Waals surface area contributed by atoms with Gasteiger partial charge in [0.05, 0.1) is 0 Å². The summed E-state index contributed by atoms with van der Waals surface area (Å²) in [6.07, 6.45) is 1.43. The van der Waals surface area contributed by atoms with Gasteiger partial charge in [0.2, 0.25) is 0 Å². The van der Waals surface area contributed by atoms with Crippen molar-refractivity contribution < 1.29 is 9.18 Å². The topological polar surface area (TPSA) is 17.1 Å². The summed E-state index contributed by atoms with van der Waals surface area (Å²) in [5.74, 6) is -0.0912. The fraction of sp³-hybridized carbons (Fsp3) is 0.250. The average molecular weight is 190 g/mol. The molecule has 0 aromatic heterocycles. The Morgan fingerprint density at radius 1 is 1.14 bits per heavy atom. The van der Waals surface area contributed by atoms with E-state index < -0.39 is 0 Å². The summed E-state index contributed by atoms with van der Waals surface area (Å²) in [4.78, 5) is 11.5. The van der Waals surface area contributed by atoms with Crippen molar-refractivity contribution >= 4 is 11.4 Å². The van der Waals surface area contributed by atoms with Crippen molar-refractivity contribution in [2.45, 2.75) is 19.8 Å². The molecule has 1 aliphatic carbocycles. The van der Waals surface area contributed by atoms with Crippen LogP contribution in [-0.2, 0) is 4.79 Å². The van der Waals surface area contributed by atoms with Crippen LogP contribution >= 0.6 is 0 Å². The van der Waals surface area contributed by atoms with Crippen molar-refractivity contribution in [1.29, 1.82) is 0 Å². The minimum atomic E-state index is -0.266. The molecule has 0 N–H and O–H groups in total. The van der Waals surface area contributed by atoms with Crippen molar-refractivity contribution in [3.05, 3.63) is 41.2 Å². The van der Waals surface area contributed by atoms with Gasteiger partial charge in [0.1, 0.15) is 5.82 Å². The highest BCUT2D eigenvalue weighted by Crippen LogP contribution is 2.30. The average Bonchev–Trinajstić information content (AvgIpc) is 2.49. The lowest BCUT2D eigenvalue weighted by Gasteiger charge is -2.02. The summed E-state index contributed by atoms with van der Waals surface area (Å²) in [7, 11) is 0. The van der Waals surface area contributed by atoms with Gasteiger partial charge in [-0.15, -0.1) is 0 Å². The van der Waals surface area contributed by atoms with Crippen molar-refractivity contribution in [3.8, 4) is 0 Å². The molecule has 0 spiro atoms. The third-order valence-corrected chi connectivity index (χ3v) is 2.57. The SMILES string of the molecule is CC1=C(c2ccc(F)cc2)C(=O)CC1. The minimum absolute atomic E-state index is 0.175. The first-order chi connectivity index (χ1) is 6.68. The third-order valence-electron chi connectivity index (χ3n) is 2.57. The largest absolute Gasteiger partial charge is 0.294 e. The van der Waals surface area contributed by atoms with Gasteiger partial charge in [-0.3, -0.25) is 4.79 Å². The van der Waals surface area contributed by atoms with Crippen LogP contribution in [0, 0.1) is 5.82 Å². The Morgan fingerprint density at radius 2 is 1.79 bits per heavy atom. The molecule has 0 amide bonds. The minimum Gasteiger partial charge on any atom is -0.294 e. The number of hydrogen-bond acceptors (Lipinski definition) is 1. The van der Waals surface area contributed by atoms with E-state index in [1.54, 1.807) is 12.1 Å². The van der Waals surface area contributed by atoms with E-state index in [0.717, 1.165) is 23.1 Å². The van der Waals surface area contributed by atoms with Gasteiger partial charge in [-0.05, 0) is 31.0 Å². The molecule has 0 saturated heterocycles. The molecule has 0 aliphatic heterocycles. The smallest absolute Gasteiger partial charge is 0.163 e. The molecule has 0 saturated carbocycles. The fourth-order valence-corrected chi connectivity index (χ4v) is 1.81. The zero-order valence-corrected chi connectivity index (χ0v) is 8.01. The first kappa shape index (κ1) is 9.13. The van der Waals surface area contributed by atoms with Gasteiger partial charge in [0.15, 0.2) is 5.78 Å². The predicted molar refractivity (Wildman–Crippen MR) is 53.2 cm³/mol. The monoisotopic (exact) mass is 190 g/mol. The van der Waals surface area contributed by atoms with Crippen molar-refractivity contribution in [3.63, 3.8) is 0 Å². The van der Waals surface area contributed by atoms with Crippen LogP contribution in [0.5, 0.6) is 0 Å². The van der Waals surface area contributed by atoms with Crippen molar-refractivity contribution in [2.24, 2.45) is 0 Å². The maximum Gasteiger partial charge on any atom is 0.163 e. The number of rotatable bonds is 1. The van der Waals surface area contributed by atoms with E-state index in [9.17, 15) is 9.18 Å². The number of allylic oxidation sites excluding steroid dienone is 2. The molecule has 1 aliphatic rings. The third kappa shape index (κ3) is 1.48. The van der Waals surface area contributed by atoms with Crippen LogP contribution in [-0.4, -0.2) is 5.78 Å². The molecule has 0 atom stereocenters. The highest BCUT2D eigenvalue weighted by molar-refractivity contribution is 6.23. The molecular formula is C12H11FO. The Labute approximate surface area is 82.3 Å².